The molecule has 1 atom stereocenters. The lowest BCUT2D eigenvalue weighted by Crippen LogP contribution is -2.24. The fraction of sp³-hybridized carbons (Fsp3) is 0.500. The van der Waals surface area contributed by atoms with Gasteiger partial charge < -0.3 is 20.6 Å². The molecule has 1 amide bonds. The average Bonchev–Trinajstić information content (AvgIpc) is 2.05. The van der Waals surface area contributed by atoms with E-state index in [4.69, 9.17) is 15.3 Å². The largest absolute Gasteiger partial charge is 0.479 e. The summed E-state index contributed by atoms with van der Waals surface area (Å²) in [6.45, 7) is 5.79. The molecule has 4 N–H and O–H groups in total. The van der Waals surface area contributed by atoms with Crippen LogP contribution < -0.4 is 5.32 Å². The van der Waals surface area contributed by atoms with Gasteiger partial charge in [-0.2, -0.15) is 0 Å². The third-order valence-corrected chi connectivity index (χ3v) is 0.985. The highest BCUT2D eigenvalue weighted by molar-refractivity contribution is 5.91. The highest BCUT2D eigenvalue weighted by Crippen LogP contribution is 1.82. The van der Waals surface area contributed by atoms with Crippen LogP contribution in [0, 0.1) is 0 Å². The molecule has 0 aliphatic heterocycles. The van der Waals surface area contributed by atoms with Crippen LogP contribution in [0.4, 0.5) is 0 Å². The van der Waals surface area contributed by atoms with Gasteiger partial charge in [0.2, 0.25) is 5.91 Å². The second-order valence-electron chi connectivity index (χ2n) is 2.46. The van der Waals surface area contributed by atoms with E-state index in [1.165, 1.54) is 6.92 Å². The van der Waals surface area contributed by atoms with Crippen molar-refractivity contribution in [2.24, 2.45) is 0 Å². The van der Waals surface area contributed by atoms with Crippen LogP contribution in [0.25, 0.3) is 0 Å². The summed E-state index contributed by atoms with van der Waals surface area (Å²) < 4.78 is 0. The number of aliphatic carboxylic acids is 1. The van der Waals surface area contributed by atoms with Gasteiger partial charge in [0, 0.05) is 5.57 Å². The minimum Gasteiger partial charge on any atom is -0.479 e. The van der Waals surface area contributed by atoms with Crippen molar-refractivity contribution in [3.8, 4) is 0 Å². The Morgan fingerprint density at radius 3 is 1.93 bits per heavy atom. The number of nitrogens with one attached hydrogen (secondary N) is 1. The second kappa shape index (κ2) is 8.21. The molecule has 6 heteroatoms. The van der Waals surface area contributed by atoms with Crippen LogP contribution in [0.15, 0.2) is 12.2 Å². The number of amides is 1. The van der Waals surface area contributed by atoms with E-state index in [0.717, 1.165) is 0 Å². The van der Waals surface area contributed by atoms with Crippen molar-refractivity contribution < 1.29 is 24.9 Å². The van der Waals surface area contributed by atoms with Crippen LogP contribution in [-0.2, 0) is 9.59 Å². The first kappa shape index (κ1) is 15.1. The zero-order valence-corrected chi connectivity index (χ0v) is 8.15. The maximum atomic E-state index is 10.4. The Hall–Kier alpha value is -1.40. The standard InChI is InChI=1S/C5H9NO2.C3H6O3/c1-4(2)5(8)6-3-7;1-2(4)3(5)6/h7H,1,3H2,2H3,(H,6,8);2,4H,1H3,(H,5,6). The fourth-order valence-electron chi connectivity index (χ4n) is 0.223. The Kier molecular flexibility index (Phi) is 8.85. The SMILES string of the molecule is C=C(C)C(=O)NCO.CC(O)C(=O)O. The molecule has 0 saturated heterocycles. The van der Waals surface area contributed by atoms with E-state index in [2.05, 4.69) is 11.9 Å². The molecule has 0 aromatic rings. The zero-order chi connectivity index (χ0) is 11.7. The van der Waals surface area contributed by atoms with E-state index in [9.17, 15) is 9.59 Å². The van der Waals surface area contributed by atoms with Crippen LogP contribution >= 0.6 is 0 Å². The van der Waals surface area contributed by atoms with Crippen molar-refractivity contribution in [2.75, 3.05) is 6.73 Å². The quantitative estimate of drug-likeness (QED) is 0.352. The van der Waals surface area contributed by atoms with Gasteiger partial charge >= 0.3 is 5.97 Å². The van der Waals surface area contributed by atoms with Crippen LogP contribution in [0.2, 0.25) is 0 Å². The molecule has 0 fully saturated rings. The Morgan fingerprint density at radius 1 is 1.50 bits per heavy atom. The zero-order valence-electron chi connectivity index (χ0n) is 8.15. The van der Waals surface area contributed by atoms with E-state index in [-0.39, 0.29) is 12.6 Å². The van der Waals surface area contributed by atoms with Crippen LogP contribution in [0.5, 0.6) is 0 Å². The third-order valence-electron chi connectivity index (χ3n) is 0.985. The summed E-state index contributed by atoms with van der Waals surface area (Å²) in [6.07, 6.45) is -1.23. The van der Waals surface area contributed by atoms with E-state index >= 15 is 0 Å². The molecular weight excluding hydrogens is 190 g/mol. The van der Waals surface area contributed by atoms with Gasteiger partial charge in [-0.3, -0.25) is 4.79 Å². The molecule has 82 valence electrons. The van der Waals surface area contributed by atoms with Crippen LogP contribution in [0.1, 0.15) is 13.8 Å². The monoisotopic (exact) mass is 205 g/mol. The Bertz CT molecular complexity index is 212. The Balaban J connectivity index is 0. The maximum Gasteiger partial charge on any atom is 0.332 e. The molecule has 0 aliphatic rings. The van der Waals surface area contributed by atoms with Crippen molar-refractivity contribution in [1.29, 1.82) is 0 Å². The van der Waals surface area contributed by atoms with E-state index < -0.39 is 12.1 Å². The van der Waals surface area contributed by atoms with E-state index in [0.29, 0.717) is 5.57 Å². The summed E-state index contributed by atoms with van der Waals surface area (Å²) in [6, 6.07) is 0. The van der Waals surface area contributed by atoms with Gasteiger partial charge in [0.05, 0.1) is 0 Å². The molecule has 0 spiro atoms. The van der Waals surface area contributed by atoms with Crippen molar-refractivity contribution >= 4 is 11.9 Å². The molecule has 6 nitrogen and oxygen atoms in total. The minimum absolute atomic E-state index is 0.312. The molecular formula is C8H15NO5. The van der Waals surface area contributed by atoms with Crippen LogP contribution in [0.3, 0.4) is 0 Å². The van der Waals surface area contributed by atoms with Crippen molar-refractivity contribution in [3.63, 3.8) is 0 Å². The normalized spacial score (nSPS) is 10.6. The lowest BCUT2D eigenvalue weighted by molar-refractivity contribution is -0.145. The van der Waals surface area contributed by atoms with E-state index in [1.807, 2.05) is 0 Å². The number of carboxylic acids is 1. The van der Waals surface area contributed by atoms with Crippen LogP contribution in [-0.4, -0.2) is 40.0 Å². The number of hydrogen-bond acceptors (Lipinski definition) is 4. The van der Waals surface area contributed by atoms with Crippen molar-refractivity contribution in [3.05, 3.63) is 12.2 Å². The van der Waals surface area contributed by atoms with Crippen molar-refractivity contribution in [1.82, 2.24) is 5.32 Å². The lowest BCUT2D eigenvalue weighted by atomic mass is 10.3. The highest BCUT2D eigenvalue weighted by atomic mass is 16.4. The van der Waals surface area contributed by atoms with Gasteiger partial charge in [0.25, 0.3) is 0 Å². The average molecular weight is 205 g/mol. The smallest absolute Gasteiger partial charge is 0.332 e. The van der Waals surface area contributed by atoms with Gasteiger partial charge in [0.1, 0.15) is 12.8 Å². The molecule has 14 heavy (non-hydrogen) atoms. The van der Waals surface area contributed by atoms with Gasteiger partial charge in [-0.05, 0) is 13.8 Å². The molecule has 0 bridgehead atoms. The lowest BCUT2D eigenvalue weighted by Gasteiger charge is -1.96. The minimum atomic E-state index is -1.23. The van der Waals surface area contributed by atoms with Gasteiger partial charge in [-0.25, -0.2) is 4.79 Å². The summed E-state index contributed by atoms with van der Waals surface area (Å²) >= 11 is 0. The van der Waals surface area contributed by atoms with Gasteiger partial charge in [0.15, 0.2) is 0 Å². The fourth-order valence-corrected chi connectivity index (χ4v) is 0.223. The highest BCUT2D eigenvalue weighted by Gasteiger charge is 2.01. The number of aliphatic hydroxyl groups excluding tert-OH is 2. The number of rotatable bonds is 3. The summed E-state index contributed by atoms with van der Waals surface area (Å²) in [5.41, 5.74) is 0.402. The molecule has 0 aromatic carbocycles. The first-order valence-corrected chi connectivity index (χ1v) is 3.78. The number of hydrogen-bond donors (Lipinski definition) is 4. The Labute approximate surface area is 81.9 Å². The first-order valence-electron chi connectivity index (χ1n) is 3.78. The third kappa shape index (κ3) is 10.6. The first-order chi connectivity index (χ1) is 6.32. The number of aliphatic hydroxyl groups is 2. The molecule has 0 radical (unpaired) electrons. The molecule has 0 rings (SSSR count). The van der Waals surface area contributed by atoms with Crippen molar-refractivity contribution in [2.45, 2.75) is 20.0 Å². The van der Waals surface area contributed by atoms with Gasteiger partial charge in [-0.1, -0.05) is 6.58 Å². The molecule has 0 aromatic heterocycles. The van der Waals surface area contributed by atoms with Gasteiger partial charge in [-0.15, -0.1) is 0 Å². The molecule has 0 saturated carbocycles. The summed E-state index contributed by atoms with van der Waals surface area (Å²) in [4.78, 5) is 19.8. The summed E-state index contributed by atoms with van der Waals surface area (Å²) in [5.74, 6) is -1.50. The number of carbonyl (C=O) groups is 2. The number of carboxylic acid groups (broad SMARTS) is 1. The molecule has 1 unspecified atom stereocenters. The maximum absolute atomic E-state index is 10.4. The van der Waals surface area contributed by atoms with E-state index in [1.54, 1.807) is 6.92 Å². The predicted molar refractivity (Wildman–Crippen MR) is 49.4 cm³/mol. The topological polar surface area (TPSA) is 107 Å². The predicted octanol–water partition coefficient (Wildman–Crippen LogP) is -0.920. The Morgan fingerprint density at radius 2 is 1.86 bits per heavy atom. The number of carbonyl (C=O) groups excluding carboxylic acids is 1. The molecule has 0 aliphatic carbocycles. The summed E-state index contributed by atoms with van der Waals surface area (Å²) in [7, 11) is 0. The summed E-state index contributed by atoms with van der Waals surface area (Å²) in [5, 5.41) is 26.0. The second-order valence-corrected chi connectivity index (χ2v) is 2.46. The molecule has 0 heterocycles.